The predicted molar refractivity (Wildman–Crippen MR) is 91.2 cm³/mol. The molecule has 0 aromatic carbocycles. The van der Waals surface area contributed by atoms with Crippen LogP contribution in [0.3, 0.4) is 0 Å². The Bertz CT molecular complexity index is 726. The lowest BCUT2D eigenvalue weighted by atomic mass is 9.96. The summed E-state index contributed by atoms with van der Waals surface area (Å²) in [5.74, 6) is 1.74. The minimum Gasteiger partial charge on any atom is -0.477 e. The first-order chi connectivity index (χ1) is 11.6. The molecule has 6 nitrogen and oxygen atoms in total. The molecule has 1 unspecified atom stereocenters. The number of nitrogens with zero attached hydrogens (tertiary/aromatic N) is 4. The van der Waals surface area contributed by atoms with E-state index in [1.165, 1.54) is 0 Å². The molecular weight excluding hydrogens is 304 g/mol. The molecule has 1 fully saturated rings. The standard InChI is InChI=1S/C18H24N4O2/c1-4-24-17-15(8-7-13(2)20-17)18(23)22-10-5-6-14(12-22)16-19-9-11-21(16)3/h7-9,11,14H,4-6,10,12H2,1-3H3. The molecule has 0 radical (unpaired) electrons. The van der Waals surface area contributed by atoms with Gasteiger partial charge in [0.2, 0.25) is 5.88 Å². The van der Waals surface area contributed by atoms with Crippen molar-refractivity contribution in [2.24, 2.45) is 7.05 Å². The van der Waals surface area contributed by atoms with Gasteiger partial charge in [-0.2, -0.15) is 0 Å². The fourth-order valence-corrected chi connectivity index (χ4v) is 3.26. The minimum absolute atomic E-state index is 0.00939. The maximum atomic E-state index is 13.0. The van der Waals surface area contributed by atoms with Crippen molar-refractivity contribution in [3.8, 4) is 5.88 Å². The second-order valence-corrected chi connectivity index (χ2v) is 6.23. The molecule has 6 heteroatoms. The summed E-state index contributed by atoms with van der Waals surface area (Å²) in [4.78, 5) is 23.7. The van der Waals surface area contributed by atoms with Crippen LogP contribution in [0, 0.1) is 6.92 Å². The van der Waals surface area contributed by atoms with Crippen LogP contribution in [0.4, 0.5) is 0 Å². The van der Waals surface area contributed by atoms with Gasteiger partial charge < -0.3 is 14.2 Å². The molecule has 0 saturated carbocycles. The number of amides is 1. The molecule has 1 aliphatic rings. The van der Waals surface area contributed by atoms with E-state index in [2.05, 4.69) is 9.97 Å². The van der Waals surface area contributed by atoms with Crippen LogP contribution in [0.1, 0.15) is 47.6 Å². The van der Waals surface area contributed by atoms with Crippen LogP contribution in [-0.2, 0) is 7.05 Å². The summed E-state index contributed by atoms with van der Waals surface area (Å²) in [7, 11) is 2.00. The zero-order valence-electron chi connectivity index (χ0n) is 14.5. The van der Waals surface area contributed by atoms with E-state index >= 15 is 0 Å². The number of carbonyl (C=O) groups is 1. The second-order valence-electron chi connectivity index (χ2n) is 6.23. The number of pyridine rings is 1. The monoisotopic (exact) mass is 328 g/mol. The number of ether oxygens (including phenoxy) is 1. The van der Waals surface area contributed by atoms with Gasteiger partial charge in [0.05, 0.1) is 6.61 Å². The highest BCUT2D eigenvalue weighted by Gasteiger charge is 2.29. The van der Waals surface area contributed by atoms with E-state index in [0.717, 1.165) is 30.9 Å². The van der Waals surface area contributed by atoms with Gasteiger partial charge in [0, 0.05) is 44.1 Å². The summed E-state index contributed by atoms with van der Waals surface area (Å²) in [6, 6.07) is 3.68. The highest BCUT2D eigenvalue weighted by molar-refractivity contribution is 5.96. The van der Waals surface area contributed by atoms with Crippen LogP contribution in [0.5, 0.6) is 5.88 Å². The smallest absolute Gasteiger partial charge is 0.259 e. The molecule has 24 heavy (non-hydrogen) atoms. The highest BCUT2D eigenvalue weighted by atomic mass is 16.5. The Labute approximate surface area is 142 Å². The largest absolute Gasteiger partial charge is 0.477 e. The van der Waals surface area contributed by atoms with Gasteiger partial charge in [-0.25, -0.2) is 9.97 Å². The van der Waals surface area contributed by atoms with Crippen molar-refractivity contribution < 1.29 is 9.53 Å². The number of carbonyl (C=O) groups excluding carboxylic acids is 1. The first-order valence-electron chi connectivity index (χ1n) is 8.47. The Kier molecular flexibility index (Phi) is 4.83. The normalized spacial score (nSPS) is 17.8. The van der Waals surface area contributed by atoms with Crippen molar-refractivity contribution in [2.45, 2.75) is 32.6 Å². The minimum atomic E-state index is -0.00939. The van der Waals surface area contributed by atoms with Gasteiger partial charge in [0.1, 0.15) is 11.4 Å². The van der Waals surface area contributed by atoms with Crippen molar-refractivity contribution >= 4 is 5.91 Å². The number of aryl methyl sites for hydroxylation is 2. The predicted octanol–water partition coefficient (Wildman–Crippen LogP) is 2.54. The van der Waals surface area contributed by atoms with Gasteiger partial charge in [0.25, 0.3) is 5.91 Å². The Hall–Kier alpha value is -2.37. The molecule has 3 rings (SSSR count). The molecule has 1 atom stereocenters. The third-order valence-electron chi connectivity index (χ3n) is 4.44. The molecule has 0 bridgehead atoms. The zero-order chi connectivity index (χ0) is 17.1. The van der Waals surface area contributed by atoms with E-state index in [4.69, 9.17) is 4.74 Å². The fraction of sp³-hybridized carbons (Fsp3) is 0.500. The van der Waals surface area contributed by atoms with E-state index in [1.54, 1.807) is 0 Å². The van der Waals surface area contributed by atoms with Crippen LogP contribution < -0.4 is 4.74 Å². The molecule has 1 saturated heterocycles. The number of hydrogen-bond acceptors (Lipinski definition) is 4. The van der Waals surface area contributed by atoms with Crippen molar-refractivity contribution in [1.29, 1.82) is 0 Å². The molecule has 0 aliphatic carbocycles. The quantitative estimate of drug-likeness (QED) is 0.865. The maximum Gasteiger partial charge on any atom is 0.259 e. The molecule has 128 valence electrons. The summed E-state index contributed by atoms with van der Waals surface area (Å²) >= 11 is 0. The van der Waals surface area contributed by atoms with Gasteiger partial charge in [-0.1, -0.05) is 0 Å². The van der Waals surface area contributed by atoms with Crippen molar-refractivity contribution in [3.63, 3.8) is 0 Å². The van der Waals surface area contributed by atoms with Gasteiger partial charge in [-0.15, -0.1) is 0 Å². The summed E-state index contributed by atoms with van der Waals surface area (Å²) in [6.07, 6.45) is 5.80. The summed E-state index contributed by atoms with van der Waals surface area (Å²) < 4.78 is 7.61. The molecule has 0 N–H and O–H groups in total. The molecular formula is C18H24N4O2. The fourth-order valence-electron chi connectivity index (χ4n) is 3.26. The molecule has 0 spiro atoms. The van der Waals surface area contributed by atoms with Crippen LogP contribution in [0.2, 0.25) is 0 Å². The molecule has 1 amide bonds. The van der Waals surface area contributed by atoms with Gasteiger partial charge >= 0.3 is 0 Å². The van der Waals surface area contributed by atoms with E-state index in [-0.39, 0.29) is 11.8 Å². The Balaban J connectivity index is 1.81. The van der Waals surface area contributed by atoms with E-state index < -0.39 is 0 Å². The number of imidazole rings is 1. The maximum absolute atomic E-state index is 13.0. The number of rotatable bonds is 4. The lowest BCUT2D eigenvalue weighted by Crippen LogP contribution is -2.40. The first-order valence-corrected chi connectivity index (χ1v) is 8.47. The van der Waals surface area contributed by atoms with Gasteiger partial charge in [0.15, 0.2) is 0 Å². The lowest BCUT2D eigenvalue weighted by Gasteiger charge is -2.32. The van der Waals surface area contributed by atoms with Crippen LogP contribution in [0.15, 0.2) is 24.5 Å². The number of hydrogen-bond donors (Lipinski definition) is 0. The Morgan fingerprint density at radius 2 is 2.25 bits per heavy atom. The number of piperidine rings is 1. The molecule has 3 heterocycles. The molecule has 1 aliphatic heterocycles. The lowest BCUT2D eigenvalue weighted by molar-refractivity contribution is 0.0698. The van der Waals surface area contributed by atoms with Crippen LogP contribution in [0.25, 0.3) is 0 Å². The summed E-state index contributed by atoms with van der Waals surface area (Å²) in [5, 5.41) is 0. The molecule has 2 aromatic heterocycles. The van der Waals surface area contributed by atoms with Crippen LogP contribution >= 0.6 is 0 Å². The third-order valence-corrected chi connectivity index (χ3v) is 4.44. The van der Waals surface area contributed by atoms with Crippen molar-refractivity contribution in [3.05, 3.63) is 41.6 Å². The highest BCUT2D eigenvalue weighted by Crippen LogP contribution is 2.28. The Morgan fingerprint density at radius 3 is 2.96 bits per heavy atom. The van der Waals surface area contributed by atoms with E-state index in [9.17, 15) is 4.79 Å². The average molecular weight is 328 g/mol. The van der Waals surface area contributed by atoms with Crippen molar-refractivity contribution in [2.75, 3.05) is 19.7 Å². The van der Waals surface area contributed by atoms with E-state index in [1.807, 2.05) is 54.9 Å². The van der Waals surface area contributed by atoms with Crippen LogP contribution in [-0.4, -0.2) is 45.0 Å². The number of likely N-dealkylation sites (tertiary alicyclic amines) is 1. The topological polar surface area (TPSA) is 60.2 Å². The average Bonchev–Trinajstić information content (AvgIpc) is 3.01. The van der Waals surface area contributed by atoms with Gasteiger partial charge in [-0.3, -0.25) is 4.79 Å². The number of aromatic nitrogens is 3. The van der Waals surface area contributed by atoms with Gasteiger partial charge in [-0.05, 0) is 38.8 Å². The summed E-state index contributed by atoms with van der Waals surface area (Å²) in [5.41, 5.74) is 1.39. The zero-order valence-corrected chi connectivity index (χ0v) is 14.5. The summed E-state index contributed by atoms with van der Waals surface area (Å²) in [6.45, 7) is 5.74. The van der Waals surface area contributed by atoms with Crippen molar-refractivity contribution in [1.82, 2.24) is 19.4 Å². The first kappa shape index (κ1) is 16.5. The Morgan fingerprint density at radius 1 is 1.42 bits per heavy atom. The second kappa shape index (κ2) is 7.03. The van der Waals surface area contributed by atoms with E-state index in [0.29, 0.717) is 24.6 Å². The third kappa shape index (κ3) is 3.27. The SMILES string of the molecule is CCOc1nc(C)ccc1C(=O)N1CCCC(c2nccn2C)C1. The molecule has 2 aromatic rings.